The van der Waals surface area contributed by atoms with E-state index in [-0.39, 0.29) is 5.91 Å². The molecule has 0 fully saturated rings. The number of aryl methyl sites for hydroxylation is 3. The normalized spacial score (nSPS) is 14.7. The van der Waals surface area contributed by atoms with Gasteiger partial charge < -0.3 is 9.84 Å². The molecule has 0 aromatic carbocycles. The number of hydrogen-bond acceptors (Lipinski definition) is 6. The minimum atomic E-state index is -0.480. The molecule has 0 bridgehead atoms. The maximum atomic E-state index is 12.6. The van der Waals surface area contributed by atoms with E-state index < -0.39 is 6.04 Å². The molecule has 1 amide bonds. The van der Waals surface area contributed by atoms with Crippen LogP contribution in [-0.2, 0) is 19.9 Å². The fourth-order valence-corrected chi connectivity index (χ4v) is 3.99. The molecule has 7 nitrogen and oxygen atoms in total. The summed E-state index contributed by atoms with van der Waals surface area (Å²) in [4.78, 5) is 18.8. The summed E-state index contributed by atoms with van der Waals surface area (Å²) in [5.41, 5.74) is 2.11. The van der Waals surface area contributed by atoms with Crippen molar-refractivity contribution in [2.45, 2.75) is 25.3 Å². The molecule has 0 saturated heterocycles. The minimum absolute atomic E-state index is 0.122. The summed E-state index contributed by atoms with van der Waals surface area (Å²) in [5, 5.41) is 11.0. The molecular weight excluding hydrogens is 314 g/mol. The number of hydrogen-bond donors (Lipinski definition) is 1. The zero-order valence-corrected chi connectivity index (χ0v) is 13.3. The summed E-state index contributed by atoms with van der Waals surface area (Å²) in [6.07, 6.45) is 8.10. The lowest BCUT2D eigenvalue weighted by Crippen LogP contribution is -2.29. The topological polar surface area (TPSA) is 85.8 Å². The predicted octanol–water partition coefficient (Wildman–Crippen LogP) is 1.87. The van der Waals surface area contributed by atoms with Crippen molar-refractivity contribution in [3.63, 3.8) is 0 Å². The van der Waals surface area contributed by atoms with E-state index in [0.29, 0.717) is 5.82 Å². The first-order valence-corrected chi connectivity index (χ1v) is 8.19. The first kappa shape index (κ1) is 14.1. The third kappa shape index (κ3) is 2.65. The van der Waals surface area contributed by atoms with Gasteiger partial charge in [0.05, 0.1) is 11.1 Å². The highest BCUT2D eigenvalue weighted by Gasteiger charge is 2.25. The summed E-state index contributed by atoms with van der Waals surface area (Å²) in [5.74, 6) is 0.290. The van der Waals surface area contributed by atoms with Crippen LogP contribution in [0.25, 0.3) is 0 Å². The third-order valence-electron chi connectivity index (χ3n) is 3.94. The van der Waals surface area contributed by atoms with E-state index in [9.17, 15) is 4.79 Å². The lowest BCUT2D eigenvalue weighted by Gasteiger charge is -2.13. The molecule has 3 heterocycles. The van der Waals surface area contributed by atoms with E-state index in [0.717, 1.165) is 23.3 Å². The van der Waals surface area contributed by atoms with Gasteiger partial charge in [-0.15, -0.1) is 11.3 Å². The fraction of sp³-hybridized carbons (Fsp3) is 0.333. The van der Waals surface area contributed by atoms with E-state index in [1.807, 2.05) is 19.3 Å². The Balaban J connectivity index is 1.61. The van der Waals surface area contributed by atoms with Crippen LogP contribution in [0.2, 0.25) is 0 Å². The molecule has 118 valence electrons. The summed E-state index contributed by atoms with van der Waals surface area (Å²) in [6.45, 7) is 0. The van der Waals surface area contributed by atoms with Crippen LogP contribution in [0.3, 0.4) is 0 Å². The lowest BCUT2D eigenvalue weighted by molar-refractivity contribution is 0.0945. The quantitative estimate of drug-likeness (QED) is 0.790. The van der Waals surface area contributed by atoms with E-state index >= 15 is 0 Å². The summed E-state index contributed by atoms with van der Waals surface area (Å²) in [6, 6.07) is 1.52. The zero-order valence-electron chi connectivity index (χ0n) is 12.5. The number of aromatic nitrogens is 4. The van der Waals surface area contributed by atoms with Crippen LogP contribution in [0.5, 0.6) is 0 Å². The van der Waals surface area contributed by atoms with Crippen LogP contribution in [0.15, 0.2) is 29.4 Å². The Bertz CT molecular complexity index is 815. The molecule has 0 aliphatic heterocycles. The van der Waals surface area contributed by atoms with Crippen LogP contribution in [0, 0.1) is 0 Å². The summed E-state index contributed by atoms with van der Waals surface area (Å²) in [7, 11) is 1.82. The van der Waals surface area contributed by atoms with Gasteiger partial charge in [0.15, 0.2) is 5.82 Å². The smallest absolute Gasteiger partial charge is 0.262 e. The molecule has 0 radical (unpaired) electrons. The number of fused-ring (bicyclic) bond motifs is 1. The molecule has 4 rings (SSSR count). The molecule has 8 heteroatoms. The third-order valence-corrected chi connectivity index (χ3v) is 5.18. The Morgan fingerprint density at radius 2 is 2.39 bits per heavy atom. The van der Waals surface area contributed by atoms with Gasteiger partial charge in [0.25, 0.3) is 5.91 Å². The molecular formula is C15H15N5O2S. The second-order valence-electron chi connectivity index (χ2n) is 5.56. The average Bonchev–Trinajstić information content (AvgIpc) is 3.28. The first-order valence-electron chi connectivity index (χ1n) is 7.38. The molecule has 1 atom stereocenters. The zero-order chi connectivity index (χ0) is 15.8. The van der Waals surface area contributed by atoms with E-state index in [4.69, 9.17) is 4.52 Å². The number of carbonyl (C=O) groups is 1. The average molecular weight is 329 g/mol. The molecule has 0 unspecified atom stereocenters. The number of rotatable bonds is 4. The first-order chi connectivity index (χ1) is 11.2. The molecule has 1 aliphatic carbocycles. The van der Waals surface area contributed by atoms with Crippen molar-refractivity contribution < 1.29 is 9.32 Å². The second kappa shape index (κ2) is 5.62. The van der Waals surface area contributed by atoms with Gasteiger partial charge in [-0.3, -0.25) is 9.48 Å². The van der Waals surface area contributed by atoms with Gasteiger partial charge >= 0.3 is 0 Å². The Morgan fingerprint density at radius 3 is 3.09 bits per heavy atom. The highest BCUT2D eigenvalue weighted by molar-refractivity contribution is 7.14. The number of nitrogens with one attached hydrogen (secondary N) is 1. The Hall–Kier alpha value is -2.48. The Morgan fingerprint density at radius 1 is 1.48 bits per heavy atom. The number of thiophene rings is 1. The fourth-order valence-electron chi connectivity index (χ4n) is 2.84. The predicted molar refractivity (Wildman–Crippen MR) is 83.2 cm³/mol. The number of amides is 1. The van der Waals surface area contributed by atoms with E-state index in [2.05, 4.69) is 20.6 Å². The molecule has 1 aliphatic rings. The molecule has 3 aromatic rings. The van der Waals surface area contributed by atoms with Crippen molar-refractivity contribution in [1.82, 2.24) is 25.2 Å². The SMILES string of the molecule is Cn1cc([C@H](NC(=O)c2cc3c(s2)CCC3)c2ncon2)cn1. The van der Waals surface area contributed by atoms with Crippen molar-refractivity contribution in [2.24, 2.45) is 7.05 Å². The van der Waals surface area contributed by atoms with Gasteiger partial charge in [-0.1, -0.05) is 5.16 Å². The second-order valence-corrected chi connectivity index (χ2v) is 6.69. The Labute approximate surface area is 136 Å². The molecule has 23 heavy (non-hydrogen) atoms. The van der Waals surface area contributed by atoms with E-state index in [1.54, 1.807) is 22.2 Å². The van der Waals surface area contributed by atoms with Crippen LogP contribution in [0.4, 0.5) is 0 Å². The van der Waals surface area contributed by atoms with Gasteiger partial charge in [-0.05, 0) is 30.9 Å². The summed E-state index contributed by atoms with van der Waals surface area (Å²) < 4.78 is 6.50. The molecule has 1 N–H and O–H groups in total. The van der Waals surface area contributed by atoms with Gasteiger partial charge in [0, 0.05) is 23.7 Å². The standard InChI is InChI=1S/C15H15N5O2S/c1-20-7-10(6-17-20)13(14-16-8-22-19-14)18-15(21)12-5-9-3-2-4-11(9)23-12/h5-8,13H,2-4H2,1H3,(H,18,21)/t13-/m0/s1. The van der Waals surface area contributed by atoms with Crippen molar-refractivity contribution in [3.8, 4) is 0 Å². The molecule has 0 spiro atoms. The van der Waals surface area contributed by atoms with Crippen LogP contribution in [-0.4, -0.2) is 25.8 Å². The summed E-state index contributed by atoms with van der Waals surface area (Å²) >= 11 is 1.57. The maximum Gasteiger partial charge on any atom is 0.262 e. The molecule has 0 saturated carbocycles. The van der Waals surface area contributed by atoms with Gasteiger partial charge in [0.1, 0.15) is 6.04 Å². The highest BCUT2D eigenvalue weighted by atomic mass is 32.1. The molecule has 3 aromatic heterocycles. The highest BCUT2D eigenvalue weighted by Crippen LogP contribution is 2.31. The van der Waals surface area contributed by atoms with Crippen molar-refractivity contribution in [2.75, 3.05) is 0 Å². The maximum absolute atomic E-state index is 12.6. The van der Waals surface area contributed by atoms with Crippen molar-refractivity contribution >= 4 is 17.2 Å². The van der Waals surface area contributed by atoms with Crippen LogP contribution in [0.1, 0.15) is 44.0 Å². The van der Waals surface area contributed by atoms with Crippen LogP contribution >= 0.6 is 11.3 Å². The largest absolute Gasteiger partial charge is 0.343 e. The van der Waals surface area contributed by atoms with Crippen molar-refractivity contribution in [1.29, 1.82) is 0 Å². The number of nitrogens with zero attached hydrogens (tertiary/aromatic N) is 4. The van der Waals surface area contributed by atoms with E-state index in [1.165, 1.54) is 23.3 Å². The van der Waals surface area contributed by atoms with Gasteiger partial charge in [0.2, 0.25) is 6.39 Å². The Kier molecular flexibility index (Phi) is 3.45. The van der Waals surface area contributed by atoms with Crippen LogP contribution < -0.4 is 5.32 Å². The van der Waals surface area contributed by atoms with Crippen molar-refractivity contribution in [3.05, 3.63) is 51.6 Å². The lowest BCUT2D eigenvalue weighted by atomic mass is 10.1. The monoisotopic (exact) mass is 329 g/mol. The van der Waals surface area contributed by atoms with Gasteiger partial charge in [-0.25, -0.2) is 0 Å². The number of carbonyl (C=O) groups excluding carboxylic acids is 1. The minimum Gasteiger partial charge on any atom is -0.343 e. The van der Waals surface area contributed by atoms with Gasteiger partial charge in [-0.2, -0.15) is 10.1 Å².